The van der Waals surface area contributed by atoms with E-state index in [9.17, 15) is 9.50 Å². The van der Waals surface area contributed by atoms with Crippen LogP contribution in [-0.4, -0.2) is 11.7 Å². The fourth-order valence-corrected chi connectivity index (χ4v) is 1.28. The highest BCUT2D eigenvalue weighted by atomic mass is 19.1. The fraction of sp³-hybridized carbons (Fsp3) is 0.385. The number of hydrogen-bond donors (Lipinski definition) is 1. The Morgan fingerprint density at radius 2 is 1.93 bits per heavy atom. The zero-order valence-corrected chi connectivity index (χ0v) is 9.42. The maximum absolute atomic E-state index is 13.3. The monoisotopic (exact) mass is 208 g/mol. The smallest absolute Gasteiger partial charge is 0.130 e. The van der Waals surface area contributed by atoms with Gasteiger partial charge in [0.2, 0.25) is 0 Å². The van der Waals surface area contributed by atoms with Crippen molar-refractivity contribution in [3.05, 3.63) is 41.2 Å². The van der Waals surface area contributed by atoms with Gasteiger partial charge in [-0.2, -0.15) is 0 Å². The van der Waals surface area contributed by atoms with Crippen LogP contribution in [0.1, 0.15) is 26.3 Å². The highest BCUT2D eigenvalue weighted by Gasteiger charge is 2.16. The van der Waals surface area contributed by atoms with E-state index in [4.69, 9.17) is 0 Å². The molecular formula is C13H17FO. The molecule has 1 N–H and O–H groups in total. The molecule has 0 fully saturated rings. The lowest BCUT2D eigenvalue weighted by Gasteiger charge is -2.21. The standard InChI is InChI=1S/C13H17FO/c1-13(2,3)11(9-15)8-10-6-4-5-7-12(10)14/h4-8,15H,9H2,1-3H3/b11-8+. The van der Waals surface area contributed by atoms with Gasteiger partial charge in [0.1, 0.15) is 5.82 Å². The van der Waals surface area contributed by atoms with Gasteiger partial charge in [-0.25, -0.2) is 4.39 Å². The van der Waals surface area contributed by atoms with Crippen LogP contribution in [0, 0.1) is 11.2 Å². The van der Waals surface area contributed by atoms with Gasteiger partial charge in [-0.15, -0.1) is 0 Å². The van der Waals surface area contributed by atoms with E-state index in [2.05, 4.69) is 0 Å². The highest BCUT2D eigenvalue weighted by molar-refractivity contribution is 5.54. The summed E-state index contributed by atoms with van der Waals surface area (Å²) >= 11 is 0. The minimum Gasteiger partial charge on any atom is -0.392 e. The van der Waals surface area contributed by atoms with Crippen molar-refractivity contribution in [3.63, 3.8) is 0 Å². The second-order valence-electron chi connectivity index (χ2n) is 4.60. The Kier molecular flexibility index (Phi) is 3.64. The molecule has 0 unspecified atom stereocenters. The molecule has 1 aromatic carbocycles. The first-order valence-corrected chi connectivity index (χ1v) is 5.01. The number of rotatable bonds is 2. The van der Waals surface area contributed by atoms with Gasteiger partial charge in [0, 0.05) is 5.56 Å². The predicted octanol–water partition coefficient (Wildman–Crippen LogP) is 3.25. The topological polar surface area (TPSA) is 20.2 Å². The molecule has 0 bridgehead atoms. The summed E-state index contributed by atoms with van der Waals surface area (Å²) in [5.41, 5.74) is 1.21. The van der Waals surface area contributed by atoms with Crippen molar-refractivity contribution < 1.29 is 9.50 Å². The largest absolute Gasteiger partial charge is 0.392 e. The summed E-state index contributed by atoms with van der Waals surface area (Å²) in [7, 11) is 0. The number of aliphatic hydroxyl groups excluding tert-OH is 1. The van der Waals surface area contributed by atoms with Crippen molar-refractivity contribution in [1.29, 1.82) is 0 Å². The third-order valence-corrected chi connectivity index (χ3v) is 2.37. The molecule has 1 rings (SSSR count). The Morgan fingerprint density at radius 3 is 2.40 bits per heavy atom. The van der Waals surface area contributed by atoms with Crippen molar-refractivity contribution in [2.75, 3.05) is 6.61 Å². The fourth-order valence-electron chi connectivity index (χ4n) is 1.28. The first-order valence-electron chi connectivity index (χ1n) is 5.01. The normalized spacial score (nSPS) is 13.0. The molecule has 1 aromatic rings. The minimum atomic E-state index is -0.257. The molecule has 0 saturated carbocycles. The highest BCUT2D eigenvalue weighted by Crippen LogP contribution is 2.27. The summed E-state index contributed by atoms with van der Waals surface area (Å²) in [5, 5.41) is 9.22. The van der Waals surface area contributed by atoms with Crippen LogP contribution < -0.4 is 0 Å². The SMILES string of the molecule is CC(C)(C)/C(=C/c1ccccc1F)CO. The maximum Gasteiger partial charge on any atom is 0.130 e. The van der Waals surface area contributed by atoms with E-state index in [1.807, 2.05) is 20.8 Å². The third kappa shape index (κ3) is 3.17. The molecule has 15 heavy (non-hydrogen) atoms. The Labute approximate surface area is 90.3 Å². The van der Waals surface area contributed by atoms with Gasteiger partial charge in [-0.05, 0) is 17.1 Å². The van der Waals surface area contributed by atoms with Gasteiger partial charge in [0.05, 0.1) is 6.61 Å². The van der Waals surface area contributed by atoms with Gasteiger partial charge >= 0.3 is 0 Å². The molecule has 82 valence electrons. The van der Waals surface area contributed by atoms with Crippen molar-refractivity contribution in [1.82, 2.24) is 0 Å². The lowest BCUT2D eigenvalue weighted by molar-refractivity contribution is 0.298. The zero-order valence-electron chi connectivity index (χ0n) is 9.42. The van der Waals surface area contributed by atoms with Gasteiger partial charge in [0.15, 0.2) is 0 Å². The Morgan fingerprint density at radius 1 is 1.33 bits per heavy atom. The van der Waals surface area contributed by atoms with Gasteiger partial charge < -0.3 is 5.11 Å². The zero-order chi connectivity index (χ0) is 11.5. The summed E-state index contributed by atoms with van der Waals surface area (Å²) in [4.78, 5) is 0. The van der Waals surface area contributed by atoms with E-state index in [0.717, 1.165) is 5.57 Å². The van der Waals surface area contributed by atoms with Crippen molar-refractivity contribution in [2.45, 2.75) is 20.8 Å². The second-order valence-corrected chi connectivity index (χ2v) is 4.60. The van der Waals surface area contributed by atoms with Crippen LogP contribution >= 0.6 is 0 Å². The second kappa shape index (κ2) is 4.58. The summed E-state index contributed by atoms with van der Waals surface area (Å²) < 4.78 is 13.3. The van der Waals surface area contributed by atoms with Crippen LogP contribution in [0.2, 0.25) is 0 Å². The van der Waals surface area contributed by atoms with E-state index < -0.39 is 0 Å². The van der Waals surface area contributed by atoms with E-state index >= 15 is 0 Å². The molecule has 0 aliphatic heterocycles. The molecule has 0 heterocycles. The molecule has 0 aromatic heterocycles. The summed E-state index contributed by atoms with van der Waals surface area (Å²) in [5.74, 6) is -0.257. The van der Waals surface area contributed by atoms with Crippen LogP contribution in [0.15, 0.2) is 29.8 Å². The number of hydrogen-bond acceptors (Lipinski definition) is 1. The lowest BCUT2D eigenvalue weighted by atomic mass is 9.85. The first kappa shape index (κ1) is 11.9. The molecule has 0 radical (unpaired) electrons. The van der Waals surface area contributed by atoms with Crippen LogP contribution in [0.4, 0.5) is 4.39 Å². The van der Waals surface area contributed by atoms with Crippen LogP contribution in [0.25, 0.3) is 6.08 Å². The Hall–Kier alpha value is -1.15. The molecular weight excluding hydrogens is 191 g/mol. The molecule has 1 nitrogen and oxygen atoms in total. The number of benzene rings is 1. The number of aliphatic hydroxyl groups is 1. The van der Waals surface area contributed by atoms with E-state index in [1.54, 1.807) is 24.3 Å². The average molecular weight is 208 g/mol. The van der Waals surface area contributed by atoms with Crippen LogP contribution in [0.3, 0.4) is 0 Å². The van der Waals surface area contributed by atoms with Crippen LogP contribution in [0.5, 0.6) is 0 Å². The summed E-state index contributed by atoms with van der Waals surface area (Å²) in [6.45, 7) is 5.94. The van der Waals surface area contributed by atoms with Crippen molar-refractivity contribution >= 4 is 6.08 Å². The van der Waals surface area contributed by atoms with Crippen molar-refractivity contribution in [3.8, 4) is 0 Å². The molecule has 0 spiro atoms. The Balaban J connectivity index is 3.10. The third-order valence-electron chi connectivity index (χ3n) is 2.37. The van der Waals surface area contributed by atoms with E-state index in [1.165, 1.54) is 6.07 Å². The van der Waals surface area contributed by atoms with Crippen LogP contribution in [-0.2, 0) is 0 Å². The van der Waals surface area contributed by atoms with Gasteiger partial charge in [-0.3, -0.25) is 0 Å². The maximum atomic E-state index is 13.3. The molecule has 2 heteroatoms. The summed E-state index contributed by atoms with van der Waals surface area (Å²) in [6, 6.07) is 6.56. The van der Waals surface area contributed by atoms with E-state index in [-0.39, 0.29) is 17.8 Å². The predicted molar refractivity (Wildman–Crippen MR) is 60.9 cm³/mol. The van der Waals surface area contributed by atoms with Gasteiger partial charge in [0.25, 0.3) is 0 Å². The molecule has 0 saturated heterocycles. The summed E-state index contributed by atoms with van der Waals surface area (Å²) in [6.07, 6.45) is 1.72. The lowest BCUT2D eigenvalue weighted by Crippen LogP contribution is -2.12. The number of halogens is 1. The molecule has 0 aliphatic carbocycles. The van der Waals surface area contributed by atoms with E-state index in [0.29, 0.717) is 5.56 Å². The first-order chi connectivity index (χ1) is 6.95. The quantitative estimate of drug-likeness (QED) is 0.791. The molecule has 0 atom stereocenters. The minimum absolute atomic E-state index is 0.0438. The Bertz CT molecular complexity index is 361. The molecule has 0 amide bonds. The molecule has 0 aliphatic rings. The van der Waals surface area contributed by atoms with Crippen molar-refractivity contribution in [2.24, 2.45) is 5.41 Å². The average Bonchev–Trinajstić information content (AvgIpc) is 2.14. The van der Waals surface area contributed by atoms with Gasteiger partial charge in [-0.1, -0.05) is 45.0 Å².